The Hall–Kier alpha value is -0.820. The van der Waals surface area contributed by atoms with Gasteiger partial charge in [0.2, 0.25) is 0 Å². The van der Waals surface area contributed by atoms with Gasteiger partial charge in [0, 0.05) is 0 Å². The van der Waals surface area contributed by atoms with Crippen LogP contribution in [0.15, 0.2) is 24.3 Å². The van der Waals surface area contributed by atoms with Gasteiger partial charge in [-0.2, -0.15) is 0 Å². The molecule has 0 aliphatic heterocycles. The predicted octanol–water partition coefficient (Wildman–Crippen LogP) is 4.60. The van der Waals surface area contributed by atoms with Gasteiger partial charge in [-0.1, -0.05) is 51.0 Å². The van der Waals surface area contributed by atoms with Gasteiger partial charge in [-0.15, -0.1) is 0 Å². The summed E-state index contributed by atoms with van der Waals surface area (Å²) < 4.78 is 0. The third-order valence-corrected chi connectivity index (χ3v) is 5.80. The molecule has 104 valence electrons. The van der Waals surface area contributed by atoms with Crippen molar-refractivity contribution < 1.29 is 5.11 Å². The summed E-state index contributed by atoms with van der Waals surface area (Å²) in [5.74, 6) is 1.68. The van der Waals surface area contributed by atoms with Gasteiger partial charge in [-0.05, 0) is 54.6 Å². The van der Waals surface area contributed by atoms with E-state index < -0.39 is 5.60 Å². The Morgan fingerprint density at radius 3 is 2.47 bits per heavy atom. The average molecular weight is 258 g/mol. The lowest BCUT2D eigenvalue weighted by Gasteiger charge is -2.44. The van der Waals surface area contributed by atoms with Gasteiger partial charge >= 0.3 is 0 Å². The first kappa shape index (κ1) is 13.2. The Morgan fingerprint density at radius 2 is 1.79 bits per heavy atom. The van der Waals surface area contributed by atoms with Crippen molar-refractivity contribution in [3.05, 3.63) is 35.4 Å². The number of aliphatic hydroxyl groups is 1. The maximum Gasteiger partial charge on any atom is 0.0927 e. The molecule has 0 bridgehead atoms. The normalized spacial score (nSPS) is 35.9. The number of benzene rings is 1. The zero-order chi connectivity index (χ0) is 13.5. The molecule has 0 radical (unpaired) electrons. The fourth-order valence-corrected chi connectivity index (χ4v) is 3.99. The zero-order valence-electron chi connectivity index (χ0n) is 12.2. The molecular formula is C18H26O. The van der Waals surface area contributed by atoms with Gasteiger partial charge in [0.25, 0.3) is 0 Å². The number of hydrogen-bond donors (Lipinski definition) is 1. The molecule has 3 unspecified atom stereocenters. The second-order valence-corrected chi connectivity index (χ2v) is 6.80. The Labute approximate surface area is 117 Å². The fraction of sp³-hybridized carbons (Fsp3) is 0.667. The maximum atomic E-state index is 11.3. The molecule has 0 heterocycles. The van der Waals surface area contributed by atoms with Crippen LogP contribution < -0.4 is 0 Å². The van der Waals surface area contributed by atoms with Crippen molar-refractivity contribution in [1.29, 1.82) is 0 Å². The van der Waals surface area contributed by atoms with E-state index in [2.05, 4.69) is 38.1 Å². The largest absolute Gasteiger partial charge is 0.385 e. The first-order chi connectivity index (χ1) is 9.13. The van der Waals surface area contributed by atoms with Gasteiger partial charge in [0.15, 0.2) is 0 Å². The molecule has 19 heavy (non-hydrogen) atoms. The van der Waals surface area contributed by atoms with Gasteiger partial charge in [0.05, 0.1) is 5.60 Å². The minimum absolute atomic E-state index is 0.363. The van der Waals surface area contributed by atoms with Crippen LogP contribution >= 0.6 is 0 Å². The van der Waals surface area contributed by atoms with Crippen LogP contribution in [0.2, 0.25) is 0 Å². The van der Waals surface area contributed by atoms with Gasteiger partial charge in [0.1, 0.15) is 0 Å². The van der Waals surface area contributed by atoms with Crippen molar-refractivity contribution in [2.24, 2.45) is 11.8 Å². The first-order valence-electron chi connectivity index (χ1n) is 7.94. The van der Waals surface area contributed by atoms with Crippen molar-refractivity contribution in [3.63, 3.8) is 0 Å². The SMILES string of the molecule is CC1CCCC(O)(c2ccccc2C2CCC2)C1C. The Kier molecular flexibility index (Phi) is 3.42. The van der Waals surface area contributed by atoms with Crippen LogP contribution in [-0.2, 0) is 5.60 Å². The van der Waals surface area contributed by atoms with Gasteiger partial charge in [-0.25, -0.2) is 0 Å². The first-order valence-corrected chi connectivity index (χ1v) is 7.94. The average Bonchev–Trinajstić information content (AvgIpc) is 2.34. The topological polar surface area (TPSA) is 20.2 Å². The molecule has 1 heteroatoms. The van der Waals surface area contributed by atoms with Crippen molar-refractivity contribution >= 4 is 0 Å². The Morgan fingerprint density at radius 1 is 1.05 bits per heavy atom. The molecule has 0 aromatic heterocycles. The van der Waals surface area contributed by atoms with E-state index in [0.29, 0.717) is 17.8 Å². The highest BCUT2D eigenvalue weighted by molar-refractivity contribution is 5.37. The van der Waals surface area contributed by atoms with E-state index in [9.17, 15) is 5.11 Å². The maximum absolute atomic E-state index is 11.3. The summed E-state index contributed by atoms with van der Waals surface area (Å²) in [5.41, 5.74) is 2.07. The number of rotatable bonds is 2. The highest BCUT2D eigenvalue weighted by Crippen LogP contribution is 2.48. The van der Waals surface area contributed by atoms with Gasteiger partial charge in [-0.3, -0.25) is 0 Å². The number of hydrogen-bond acceptors (Lipinski definition) is 1. The Balaban J connectivity index is 2.00. The Bertz CT molecular complexity index is 449. The third kappa shape index (κ3) is 2.12. The minimum Gasteiger partial charge on any atom is -0.385 e. The van der Waals surface area contributed by atoms with Gasteiger partial charge < -0.3 is 5.11 Å². The van der Waals surface area contributed by atoms with Crippen LogP contribution in [0.5, 0.6) is 0 Å². The molecule has 2 aliphatic carbocycles. The molecule has 2 aliphatic rings. The highest BCUT2D eigenvalue weighted by Gasteiger charge is 2.43. The minimum atomic E-state index is -0.593. The second-order valence-electron chi connectivity index (χ2n) is 6.80. The van der Waals surface area contributed by atoms with E-state index in [1.165, 1.54) is 36.8 Å². The fourth-order valence-electron chi connectivity index (χ4n) is 3.99. The molecular weight excluding hydrogens is 232 g/mol. The second kappa shape index (κ2) is 4.94. The summed E-state index contributed by atoms with van der Waals surface area (Å²) in [6.45, 7) is 4.53. The van der Waals surface area contributed by atoms with Crippen LogP contribution in [0.1, 0.15) is 69.4 Å². The van der Waals surface area contributed by atoms with E-state index >= 15 is 0 Å². The van der Waals surface area contributed by atoms with Crippen molar-refractivity contribution in [2.45, 2.75) is 63.9 Å². The van der Waals surface area contributed by atoms with Crippen LogP contribution in [-0.4, -0.2) is 5.11 Å². The quantitative estimate of drug-likeness (QED) is 0.822. The molecule has 2 saturated carbocycles. The van der Waals surface area contributed by atoms with Crippen molar-refractivity contribution in [3.8, 4) is 0 Å². The summed E-state index contributed by atoms with van der Waals surface area (Å²) in [6, 6.07) is 8.67. The summed E-state index contributed by atoms with van der Waals surface area (Å²) in [6.07, 6.45) is 7.30. The molecule has 1 aromatic rings. The molecule has 2 fully saturated rings. The van der Waals surface area contributed by atoms with E-state index in [1.54, 1.807) is 0 Å². The van der Waals surface area contributed by atoms with E-state index in [4.69, 9.17) is 0 Å². The lowest BCUT2D eigenvalue weighted by molar-refractivity contribution is -0.0698. The molecule has 0 saturated heterocycles. The van der Waals surface area contributed by atoms with Crippen LogP contribution in [0, 0.1) is 11.8 Å². The van der Waals surface area contributed by atoms with Crippen molar-refractivity contribution in [2.75, 3.05) is 0 Å². The summed E-state index contributed by atoms with van der Waals surface area (Å²) in [5, 5.41) is 11.3. The molecule has 0 spiro atoms. The van der Waals surface area contributed by atoms with Crippen LogP contribution in [0.25, 0.3) is 0 Å². The zero-order valence-corrected chi connectivity index (χ0v) is 12.2. The lowest BCUT2D eigenvalue weighted by atomic mass is 9.64. The van der Waals surface area contributed by atoms with E-state index in [1.807, 2.05) is 0 Å². The summed E-state index contributed by atoms with van der Waals surface area (Å²) >= 11 is 0. The molecule has 3 rings (SSSR count). The standard InChI is InChI=1S/C18H26O/c1-13-7-6-12-18(19,14(13)2)17-11-4-3-10-16(17)15-8-5-9-15/h3-4,10-11,13-15,19H,5-9,12H2,1-2H3. The molecule has 1 aromatic carbocycles. The monoisotopic (exact) mass is 258 g/mol. The summed E-state index contributed by atoms with van der Waals surface area (Å²) in [4.78, 5) is 0. The third-order valence-electron chi connectivity index (χ3n) is 5.80. The van der Waals surface area contributed by atoms with Crippen LogP contribution in [0.4, 0.5) is 0 Å². The predicted molar refractivity (Wildman–Crippen MR) is 79.1 cm³/mol. The lowest BCUT2D eigenvalue weighted by Crippen LogP contribution is -2.41. The molecule has 1 nitrogen and oxygen atoms in total. The highest BCUT2D eigenvalue weighted by atomic mass is 16.3. The van der Waals surface area contributed by atoms with E-state index in [0.717, 1.165) is 12.8 Å². The molecule has 3 atom stereocenters. The molecule has 1 N–H and O–H groups in total. The molecule has 0 amide bonds. The van der Waals surface area contributed by atoms with Crippen molar-refractivity contribution in [1.82, 2.24) is 0 Å². The smallest absolute Gasteiger partial charge is 0.0927 e. The van der Waals surface area contributed by atoms with E-state index in [-0.39, 0.29) is 0 Å². The van der Waals surface area contributed by atoms with Crippen LogP contribution in [0.3, 0.4) is 0 Å². The summed E-state index contributed by atoms with van der Waals surface area (Å²) in [7, 11) is 0.